The maximum absolute atomic E-state index is 14.2. The highest BCUT2D eigenvalue weighted by molar-refractivity contribution is 5.50. The molecule has 1 saturated heterocycles. The number of carbonyl (C=O) groups excluding carboxylic acids is 1. The van der Waals surface area contributed by atoms with Gasteiger partial charge in [-0.15, -0.1) is 0 Å². The summed E-state index contributed by atoms with van der Waals surface area (Å²) in [6.07, 6.45) is 0.670. The lowest BCUT2D eigenvalue weighted by Crippen LogP contribution is -2.40. The molecule has 1 heterocycles. The quantitative estimate of drug-likeness (QED) is 0.387. The summed E-state index contributed by atoms with van der Waals surface area (Å²) < 4.78 is 36.4. The molecule has 1 aliphatic heterocycles. The molecule has 0 radical (unpaired) electrons. The first-order chi connectivity index (χ1) is 16.1. The third-order valence-corrected chi connectivity index (χ3v) is 5.21. The summed E-state index contributed by atoms with van der Waals surface area (Å²) in [4.78, 5) is 12.3. The van der Waals surface area contributed by atoms with E-state index in [0.29, 0.717) is 57.8 Å². The SMILES string of the molecule is COc1ccc(CN(CCC2OCC(OCCNC=O)CO2)c2ccc(C#N)cc2)cc1F. The molecule has 1 aliphatic rings. The number of nitrogens with zero attached hydrogens (tertiary/aromatic N) is 2. The molecule has 0 aromatic heterocycles. The highest BCUT2D eigenvalue weighted by atomic mass is 19.1. The predicted octanol–water partition coefficient (Wildman–Crippen LogP) is 2.61. The zero-order chi connectivity index (χ0) is 23.5. The topological polar surface area (TPSA) is 93.1 Å². The van der Waals surface area contributed by atoms with Crippen LogP contribution in [0, 0.1) is 17.1 Å². The third kappa shape index (κ3) is 7.43. The van der Waals surface area contributed by atoms with E-state index >= 15 is 0 Å². The lowest BCUT2D eigenvalue weighted by atomic mass is 10.1. The molecule has 33 heavy (non-hydrogen) atoms. The lowest BCUT2D eigenvalue weighted by molar-refractivity contribution is -0.226. The Hall–Kier alpha value is -3.19. The number of nitrogens with one attached hydrogen (secondary N) is 1. The molecule has 1 N–H and O–H groups in total. The van der Waals surface area contributed by atoms with Gasteiger partial charge in [0.25, 0.3) is 0 Å². The first-order valence-corrected chi connectivity index (χ1v) is 10.7. The number of amides is 1. The van der Waals surface area contributed by atoms with Gasteiger partial charge in [0.1, 0.15) is 6.10 Å². The van der Waals surface area contributed by atoms with E-state index in [0.717, 1.165) is 11.3 Å². The Morgan fingerprint density at radius 1 is 1.24 bits per heavy atom. The number of rotatable bonds is 12. The van der Waals surface area contributed by atoms with Crippen LogP contribution in [0.1, 0.15) is 17.5 Å². The molecule has 1 amide bonds. The largest absolute Gasteiger partial charge is 0.494 e. The number of benzene rings is 2. The van der Waals surface area contributed by atoms with Crippen molar-refractivity contribution in [1.29, 1.82) is 5.26 Å². The lowest BCUT2D eigenvalue weighted by Gasteiger charge is -2.32. The van der Waals surface area contributed by atoms with Crippen LogP contribution in [0.3, 0.4) is 0 Å². The van der Waals surface area contributed by atoms with Crippen LogP contribution in [0.25, 0.3) is 0 Å². The van der Waals surface area contributed by atoms with Crippen molar-refractivity contribution in [3.8, 4) is 11.8 Å². The van der Waals surface area contributed by atoms with Gasteiger partial charge in [-0.3, -0.25) is 4.79 Å². The molecule has 0 atom stereocenters. The Morgan fingerprint density at radius 3 is 2.64 bits per heavy atom. The average molecular weight is 458 g/mol. The second kappa shape index (κ2) is 12.7. The van der Waals surface area contributed by atoms with Crippen LogP contribution in [0.5, 0.6) is 5.75 Å². The zero-order valence-electron chi connectivity index (χ0n) is 18.5. The van der Waals surface area contributed by atoms with E-state index in [2.05, 4.69) is 16.3 Å². The van der Waals surface area contributed by atoms with Gasteiger partial charge in [-0.1, -0.05) is 6.07 Å². The fourth-order valence-corrected chi connectivity index (χ4v) is 3.47. The third-order valence-electron chi connectivity index (χ3n) is 5.21. The molecule has 0 saturated carbocycles. The van der Waals surface area contributed by atoms with Crippen LogP contribution < -0.4 is 15.0 Å². The van der Waals surface area contributed by atoms with Crippen molar-refractivity contribution < 1.29 is 28.1 Å². The van der Waals surface area contributed by atoms with E-state index in [1.807, 2.05) is 18.2 Å². The highest BCUT2D eigenvalue weighted by Crippen LogP contribution is 2.23. The number of anilines is 1. The smallest absolute Gasteiger partial charge is 0.207 e. The zero-order valence-corrected chi connectivity index (χ0v) is 18.5. The molecule has 0 aliphatic carbocycles. The first-order valence-electron chi connectivity index (χ1n) is 10.7. The molecule has 0 bridgehead atoms. The standard InChI is InChI=1S/C24H28FN3O5/c1-30-23-7-4-19(12-22(23)25)14-28(20-5-2-18(13-26)3-6-20)10-8-24-32-15-21(16-33-24)31-11-9-27-17-29/h2-7,12,17,21,24H,8-11,14-16H2,1H3,(H,27,29). The summed E-state index contributed by atoms with van der Waals surface area (Å²) in [5.74, 6) is -0.213. The van der Waals surface area contributed by atoms with Crippen molar-refractivity contribution in [2.24, 2.45) is 0 Å². The molecule has 2 aromatic rings. The monoisotopic (exact) mass is 457 g/mol. The molecule has 176 valence electrons. The maximum atomic E-state index is 14.2. The second-order valence-electron chi connectivity index (χ2n) is 7.50. The first kappa shape index (κ1) is 24.5. The van der Waals surface area contributed by atoms with Crippen molar-refractivity contribution in [3.05, 3.63) is 59.4 Å². The summed E-state index contributed by atoms with van der Waals surface area (Å²) in [5, 5.41) is 11.6. The van der Waals surface area contributed by atoms with Gasteiger partial charge in [-0.05, 0) is 42.0 Å². The van der Waals surface area contributed by atoms with Crippen LogP contribution in [0.4, 0.5) is 10.1 Å². The van der Waals surface area contributed by atoms with Crippen LogP contribution in [0.2, 0.25) is 0 Å². The van der Waals surface area contributed by atoms with Crippen LogP contribution in [-0.2, 0) is 25.5 Å². The molecular weight excluding hydrogens is 429 g/mol. The van der Waals surface area contributed by atoms with Gasteiger partial charge in [-0.25, -0.2) is 4.39 Å². The van der Waals surface area contributed by atoms with Crippen LogP contribution >= 0.6 is 0 Å². The average Bonchev–Trinajstić information content (AvgIpc) is 2.85. The molecule has 0 spiro atoms. The fraction of sp³-hybridized carbons (Fsp3) is 0.417. The van der Waals surface area contributed by atoms with E-state index in [9.17, 15) is 9.18 Å². The van der Waals surface area contributed by atoms with Gasteiger partial charge >= 0.3 is 0 Å². The molecular formula is C24H28FN3O5. The number of ether oxygens (including phenoxy) is 4. The number of hydrogen-bond donors (Lipinski definition) is 1. The maximum Gasteiger partial charge on any atom is 0.207 e. The van der Waals surface area contributed by atoms with Gasteiger partial charge in [0, 0.05) is 31.7 Å². The molecule has 2 aromatic carbocycles. The van der Waals surface area contributed by atoms with Gasteiger partial charge in [0.2, 0.25) is 6.41 Å². The molecule has 1 fully saturated rings. The van der Waals surface area contributed by atoms with Crippen molar-refractivity contribution in [3.63, 3.8) is 0 Å². The van der Waals surface area contributed by atoms with Crippen molar-refractivity contribution in [2.75, 3.05) is 44.9 Å². The van der Waals surface area contributed by atoms with Gasteiger partial charge in [-0.2, -0.15) is 5.26 Å². The summed E-state index contributed by atoms with van der Waals surface area (Å²) in [7, 11) is 1.43. The van der Waals surface area contributed by atoms with Crippen molar-refractivity contribution >= 4 is 12.1 Å². The molecule has 9 heteroatoms. The van der Waals surface area contributed by atoms with Crippen LogP contribution in [-0.4, -0.2) is 58.8 Å². The highest BCUT2D eigenvalue weighted by Gasteiger charge is 2.23. The minimum Gasteiger partial charge on any atom is -0.494 e. The Balaban J connectivity index is 1.58. The number of nitriles is 1. The number of carbonyl (C=O) groups is 1. The Morgan fingerprint density at radius 2 is 2.00 bits per heavy atom. The Bertz CT molecular complexity index is 927. The van der Waals surface area contributed by atoms with Crippen LogP contribution in [0.15, 0.2) is 42.5 Å². The fourth-order valence-electron chi connectivity index (χ4n) is 3.47. The van der Waals surface area contributed by atoms with Gasteiger partial charge < -0.3 is 29.2 Å². The predicted molar refractivity (Wildman–Crippen MR) is 119 cm³/mol. The molecule has 3 rings (SSSR count). The summed E-state index contributed by atoms with van der Waals surface area (Å²) in [6.45, 7) is 2.72. The van der Waals surface area contributed by atoms with Crippen molar-refractivity contribution in [2.45, 2.75) is 25.4 Å². The normalized spacial score (nSPS) is 17.7. The van der Waals surface area contributed by atoms with Gasteiger partial charge in [0.05, 0.1) is 38.6 Å². The summed E-state index contributed by atoms with van der Waals surface area (Å²) >= 11 is 0. The van der Waals surface area contributed by atoms with E-state index in [4.69, 9.17) is 24.2 Å². The second-order valence-corrected chi connectivity index (χ2v) is 7.50. The minimum absolute atomic E-state index is 0.174. The van der Waals surface area contributed by atoms with E-state index in [-0.39, 0.29) is 18.1 Å². The number of halogens is 1. The molecule has 8 nitrogen and oxygen atoms in total. The number of methoxy groups -OCH3 is 1. The number of hydrogen-bond acceptors (Lipinski definition) is 7. The Kier molecular flexibility index (Phi) is 9.44. The van der Waals surface area contributed by atoms with E-state index in [1.54, 1.807) is 18.2 Å². The van der Waals surface area contributed by atoms with E-state index in [1.165, 1.54) is 13.2 Å². The van der Waals surface area contributed by atoms with Crippen molar-refractivity contribution in [1.82, 2.24) is 5.32 Å². The van der Waals surface area contributed by atoms with E-state index < -0.39 is 5.82 Å². The minimum atomic E-state index is -0.414. The van der Waals surface area contributed by atoms with Gasteiger partial charge in [0.15, 0.2) is 17.9 Å². The summed E-state index contributed by atoms with van der Waals surface area (Å²) in [6, 6.07) is 14.3. The summed E-state index contributed by atoms with van der Waals surface area (Å²) in [5.41, 5.74) is 2.27. The Labute approximate surface area is 192 Å². The molecule has 0 unspecified atom stereocenters.